The van der Waals surface area contributed by atoms with Gasteiger partial charge in [-0.25, -0.2) is 0 Å². The fourth-order valence-corrected chi connectivity index (χ4v) is 5.35. The number of Topliss-reactive ketones (excluding diaryl/α,β-unsaturated/α-hetero) is 1. The summed E-state index contributed by atoms with van der Waals surface area (Å²) < 4.78 is 0. The lowest BCUT2D eigenvalue weighted by Crippen LogP contribution is -2.53. The van der Waals surface area contributed by atoms with Crippen LogP contribution in [0.3, 0.4) is 0 Å². The molecule has 0 saturated carbocycles. The SMILES string of the molecule is Cc1ccccc1C(=O)N1CC(=O)C2C1CCN2C(=O)C(CC(C)C)NC(=O)c1ccc(N(C)C)cc1. The largest absolute Gasteiger partial charge is 0.378 e. The highest BCUT2D eigenvalue weighted by Gasteiger charge is 2.52. The van der Waals surface area contributed by atoms with E-state index >= 15 is 0 Å². The Bertz CT molecular complexity index is 1190. The van der Waals surface area contributed by atoms with Gasteiger partial charge in [0.15, 0.2) is 5.78 Å². The van der Waals surface area contributed by atoms with E-state index in [2.05, 4.69) is 5.32 Å². The molecule has 0 aliphatic carbocycles. The smallest absolute Gasteiger partial charge is 0.254 e. The van der Waals surface area contributed by atoms with Gasteiger partial charge in [-0.2, -0.15) is 0 Å². The number of carbonyl (C=O) groups is 4. The third-order valence-corrected chi connectivity index (χ3v) is 7.30. The summed E-state index contributed by atoms with van der Waals surface area (Å²) in [5, 5.41) is 2.92. The number of amides is 3. The minimum atomic E-state index is -0.756. The highest BCUT2D eigenvalue weighted by Crippen LogP contribution is 2.32. The van der Waals surface area contributed by atoms with Crippen molar-refractivity contribution in [3.63, 3.8) is 0 Å². The molecule has 0 bridgehead atoms. The molecule has 196 valence electrons. The van der Waals surface area contributed by atoms with Crippen molar-refractivity contribution in [2.75, 3.05) is 32.1 Å². The van der Waals surface area contributed by atoms with E-state index in [1.165, 1.54) is 0 Å². The van der Waals surface area contributed by atoms with Gasteiger partial charge in [-0.05, 0) is 61.6 Å². The third-order valence-electron chi connectivity index (χ3n) is 7.30. The highest BCUT2D eigenvalue weighted by molar-refractivity contribution is 6.04. The second-order valence-electron chi connectivity index (χ2n) is 10.6. The molecule has 0 radical (unpaired) electrons. The summed E-state index contributed by atoms with van der Waals surface area (Å²) in [4.78, 5) is 58.3. The normalized spacial score (nSPS) is 19.7. The topological polar surface area (TPSA) is 90.0 Å². The number of ketones is 1. The number of hydrogen-bond acceptors (Lipinski definition) is 5. The average Bonchev–Trinajstić information content (AvgIpc) is 3.44. The van der Waals surface area contributed by atoms with Crippen molar-refractivity contribution < 1.29 is 19.2 Å². The van der Waals surface area contributed by atoms with Crippen molar-refractivity contribution in [3.05, 3.63) is 65.2 Å². The first-order valence-corrected chi connectivity index (χ1v) is 12.9. The molecule has 0 spiro atoms. The first-order valence-electron chi connectivity index (χ1n) is 12.9. The van der Waals surface area contributed by atoms with Gasteiger partial charge in [0, 0.05) is 37.5 Å². The van der Waals surface area contributed by atoms with Crippen molar-refractivity contribution in [1.82, 2.24) is 15.1 Å². The molecule has 3 atom stereocenters. The van der Waals surface area contributed by atoms with E-state index in [1.807, 2.05) is 70.1 Å². The maximum atomic E-state index is 13.7. The van der Waals surface area contributed by atoms with Gasteiger partial charge < -0.3 is 20.0 Å². The van der Waals surface area contributed by atoms with E-state index in [1.54, 1.807) is 28.0 Å². The highest BCUT2D eigenvalue weighted by atomic mass is 16.2. The Labute approximate surface area is 218 Å². The van der Waals surface area contributed by atoms with Crippen LogP contribution in [0.1, 0.15) is 53.0 Å². The Kier molecular flexibility index (Phi) is 7.66. The number of fused-ring (bicyclic) bond motifs is 1. The summed E-state index contributed by atoms with van der Waals surface area (Å²) in [6.07, 6.45) is 0.988. The maximum Gasteiger partial charge on any atom is 0.254 e. The number of likely N-dealkylation sites (tertiary alicyclic amines) is 2. The van der Waals surface area contributed by atoms with E-state index < -0.39 is 12.1 Å². The monoisotopic (exact) mass is 504 g/mol. The van der Waals surface area contributed by atoms with Gasteiger partial charge in [-0.1, -0.05) is 32.0 Å². The molecule has 2 fully saturated rings. The summed E-state index contributed by atoms with van der Waals surface area (Å²) in [7, 11) is 3.85. The van der Waals surface area contributed by atoms with Crippen LogP contribution in [0.15, 0.2) is 48.5 Å². The second-order valence-corrected chi connectivity index (χ2v) is 10.6. The first kappa shape index (κ1) is 26.4. The lowest BCUT2D eigenvalue weighted by Gasteiger charge is -2.29. The summed E-state index contributed by atoms with van der Waals surface area (Å²) in [5.41, 5.74) is 2.87. The zero-order chi connectivity index (χ0) is 26.9. The maximum absolute atomic E-state index is 13.7. The van der Waals surface area contributed by atoms with E-state index in [0.29, 0.717) is 30.5 Å². The van der Waals surface area contributed by atoms with Crippen molar-refractivity contribution >= 4 is 29.2 Å². The predicted molar refractivity (Wildman–Crippen MR) is 143 cm³/mol. The minimum Gasteiger partial charge on any atom is -0.378 e. The molecule has 2 saturated heterocycles. The summed E-state index contributed by atoms with van der Waals surface area (Å²) in [6.45, 7) is 6.23. The summed E-state index contributed by atoms with van der Waals surface area (Å²) >= 11 is 0. The molecule has 3 amide bonds. The molecule has 2 aromatic carbocycles. The zero-order valence-electron chi connectivity index (χ0n) is 22.2. The molecule has 1 N–H and O–H groups in total. The van der Waals surface area contributed by atoms with Crippen molar-refractivity contribution in [2.45, 2.75) is 51.7 Å². The average molecular weight is 505 g/mol. The van der Waals surface area contributed by atoms with Crippen molar-refractivity contribution in [3.8, 4) is 0 Å². The molecule has 8 heteroatoms. The van der Waals surface area contributed by atoms with Gasteiger partial charge in [0.25, 0.3) is 11.8 Å². The van der Waals surface area contributed by atoms with Gasteiger partial charge in [-0.15, -0.1) is 0 Å². The molecule has 2 aromatic rings. The van der Waals surface area contributed by atoms with Gasteiger partial charge in [0.1, 0.15) is 12.1 Å². The van der Waals surface area contributed by atoms with Crippen LogP contribution >= 0.6 is 0 Å². The van der Waals surface area contributed by atoms with Crippen molar-refractivity contribution in [2.24, 2.45) is 5.92 Å². The van der Waals surface area contributed by atoms with E-state index in [0.717, 1.165) is 11.3 Å². The number of carbonyl (C=O) groups excluding carboxylic acids is 4. The van der Waals surface area contributed by atoms with Crippen molar-refractivity contribution in [1.29, 1.82) is 0 Å². The van der Waals surface area contributed by atoms with Gasteiger partial charge in [0.2, 0.25) is 5.91 Å². The van der Waals surface area contributed by atoms with Gasteiger partial charge >= 0.3 is 0 Å². The molecule has 2 aliphatic heterocycles. The quantitative estimate of drug-likeness (QED) is 0.626. The molecule has 8 nitrogen and oxygen atoms in total. The Morgan fingerprint density at radius 2 is 1.70 bits per heavy atom. The molecule has 4 rings (SSSR count). The predicted octanol–water partition coefficient (Wildman–Crippen LogP) is 2.90. The fourth-order valence-electron chi connectivity index (χ4n) is 5.35. The fraction of sp³-hybridized carbons (Fsp3) is 0.448. The minimum absolute atomic E-state index is 0.00822. The van der Waals surface area contributed by atoms with Gasteiger partial charge in [-0.3, -0.25) is 19.2 Å². The zero-order valence-corrected chi connectivity index (χ0v) is 22.2. The molecule has 37 heavy (non-hydrogen) atoms. The van der Waals surface area contributed by atoms with E-state index in [9.17, 15) is 19.2 Å². The number of anilines is 1. The second kappa shape index (κ2) is 10.7. The number of rotatable bonds is 7. The van der Waals surface area contributed by atoms with Crippen LogP contribution in [0, 0.1) is 12.8 Å². The standard InChI is InChI=1S/C29H36N4O4/c1-18(2)16-23(30-27(35)20-10-12-21(13-11-20)31(4)5)29(37)32-15-14-24-26(32)25(34)17-33(24)28(36)22-9-7-6-8-19(22)3/h6-13,18,23-24,26H,14-17H2,1-5H3,(H,30,35). The molecule has 3 unspecified atom stereocenters. The van der Waals surface area contributed by atoms with Crippen LogP contribution < -0.4 is 10.2 Å². The number of nitrogens with one attached hydrogen (secondary N) is 1. The van der Waals surface area contributed by atoms with Crippen LogP contribution in [0.25, 0.3) is 0 Å². The first-order chi connectivity index (χ1) is 17.6. The number of benzene rings is 2. The summed E-state index contributed by atoms with van der Waals surface area (Å²) in [5.74, 6) is -0.748. The molecule has 2 aliphatic rings. The van der Waals surface area contributed by atoms with Crippen LogP contribution in [-0.2, 0) is 9.59 Å². The van der Waals surface area contributed by atoms with Crippen LogP contribution in [0.2, 0.25) is 0 Å². The molecular weight excluding hydrogens is 468 g/mol. The Balaban J connectivity index is 1.51. The molecular formula is C29H36N4O4. The van der Waals surface area contributed by atoms with Crippen LogP contribution in [-0.4, -0.2) is 78.6 Å². The lowest BCUT2D eigenvalue weighted by molar-refractivity contribution is -0.138. The van der Waals surface area contributed by atoms with E-state index in [4.69, 9.17) is 0 Å². The lowest BCUT2D eigenvalue weighted by atomic mass is 10.0. The van der Waals surface area contributed by atoms with Crippen LogP contribution in [0.4, 0.5) is 5.69 Å². The molecule has 2 heterocycles. The number of hydrogen-bond donors (Lipinski definition) is 1. The Morgan fingerprint density at radius 3 is 2.32 bits per heavy atom. The third kappa shape index (κ3) is 5.38. The Hall–Kier alpha value is -3.68. The van der Waals surface area contributed by atoms with Crippen LogP contribution in [0.5, 0.6) is 0 Å². The van der Waals surface area contributed by atoms with E-state index in [-0.39, 0.29) is 42.0 Å². The molecule has 0 aromatic heterocycles. The summed E-state index contributed by atoms with van der Waals surface area (Å²) in [6, 6.07) is 12.7. The Morgan fingerprint density at radius 1 is 1.03 bits per heavy atom. The number of nitrogens with zero attached hydrogens (tertiary/aromatic N) is 3. The number of aryl methyl sites for hydroxylation is 1. The van der Waals surface area contributed by atoms with Gasteiger partial charge in [0.05, 0.1) is 12.6 Å².